The van der Waals surface area contributed by atoms with Gasteiger partial charge in [-0.05, 0) is 6.92 Å². The number of carboxylic acids is 1. The molecule has 0 radical (unpaired) electrons. The van der Waals surface area contributed by atoms with Crippen molar-refractivity contribution in [2.45, 2.75) is 13.2 Å². The molecule has 1 saturated heterocycles. The monoisotopic (exact) mass is 257 g/mol. The Kier molecular flexibility index (Phi) is 6.87. The summed E-state index contributed by atoms with van der Waals surface area (Å²) in [4.78, 5) is 32.3. The van der Waals surface area contributed by atoms with Crippen molar-refractivity contribution in [1.82, 2.24) is 4.90 Å². The Morgan fingerprint density at radius 3 is 2.39 bits per heavy atom. The molecule has 0 aromatic carbocycles. The van der Waals surface area contributed by atoms with Gasteiger partial charge < -0.3 is 14.6 Å². The third-order valence-electron chi connectivity index (χ3n) is 1.86. The number of cyclic esters (lactones) is 1. The second kappa shape index (κ2) is 7.88. The van der Waals surface area contributed by atoms with Gasteiger partial charge >= 0.3 is 18.0 Å². The Morgan fingerprint density at radius 2 is 2.06 bits per heavy atom. The molecular formula is C11H15NO6. The fourth-order valence-corrected chi connectivity index (χ4v) is 1.02. The minimum atomic E-state index is -0.981. The summed E-state index contributed by atoms with van der Waals surface area (Å²) in [6.07, 6.45) is 0.836. The van der Waals surface area contributed by atoms with E-state index in [0.29, 0.717) is 13.2 Å². The minimum absolute atomic E-state index is 0.342. The van der Waals surface area contributed by atoms with Crippen molar-refractivity contribution in [2.24, 2.45) is 0 Å². The van der Waals surface area contributed by atoms with Crippen LogP contribution in [0.1, 0.15) is 6.92 Å². The maximum Gasteiger partial charge on any atom is 0.412 e. The first-order chi connectivity index (χ1) is 8.42. The van der Waals surface area contributed by atoms with Crippen LogP contribution in [-0.4, -0.2) is 47.4 Å². The van der Waals surface area contributed by atoms with Crippen LogP contribution in [0.4, 0.5) is 4.79 Å². The minimum Gasteiger partial charge on any atom is -0.478 e. The van der Waals surface area contributed by atoms with Crippen LogP contribution in [0, 0.1) is 0 Å². The van der Waals surface area contributed by atoms with E-state index in [1.807, 2.05) is 0 Å². The Bertz CT molecular complexity index is 351. The molecule has 0 spiro atoms. The fraction of sp³-hybridized carbons (Fsp3) is 0.364. The highest BCUT2D eigenvalue weighted by Gasteiger charge is 2.28. The summed E-state index contributed by atoms with van der Waals surface area (Å²) >= 11 is 0. The Labute approximate surface area is 104 Å². The number of nitrogens with zero attached hydrogens (tertiary/aromatic N) is 1. The number of aliphatic carboxylic acids is 1. The third kappa shape index (κ3) is 5.69. The Hall–Kier alpha value is -2.31. The molecule has 1 aliphatic heterocycles. The lowest BCUT2D eigenvalue weighted by Gasteiger charge is -2.20. The van der Waals surface area contributed by atoms with E-state index < -0.39 is 24.3 Å². The van der Waals surface area contributed by atoms with Gasteiger partial charge in [0.25, 0.3) is 0 Å². The van der Waals surface area contributed by atoms with E-state index in [4.69, 9.17) is 9.84 Å². The lowest BCUT2D eigenvalue weighted by Crippen LogP contribution is -2.36. The normalized spacial score (nSPS) is 14.7. The van der Waals surface area contributed by atoms with Crippen molar-refractivity contribution in [1.29, 1.82) is 0 Å². The van der Waals surface area contributed by atoms with Crippen LogP contribution in [0.5, 0.6) is 0 Å². The SMILES string of the molecule is C=CC(=O)O.C=CC(=O)OC(C)N1CCOC1=O. The number of amides is 1. The third-order valence-corrected chi connectivity index (χ3v) is 1.86. The summed E-state index contributed by atoms with van der Waals surface area (Å²) in [6, 6.07) is 0. The molecule has 1 amide bonds. The lowest BCUT2D eigenvalue weighted by molar-refractivity contribution is -0.148. The van der Waals surface area contributed by atoms with Gasteiger partial charge in [-0.3, -0.25) is 4.90 Å². The van der Waals surface area contributed by atoms with Crippen LogP contribution in [-0.2, 0) is 19.1 Å². The van der Waals surface area contributed by atoms with E-state index >= 15 is 0 Å². The van der Waals surface area contributed by atoms with Crippen molar-refractivity contribution in [3.05, 3.63) is 25.3 Å². The second-order valence-electron chi connectivity index (χ2n) is 3.09. The van der Waals surface area contributed by atoms with E-state index in [1.165, 1.54) is 4.90 Å². The summed E-state index contributed by atoms with van der Waals surface area (Å²) in [6.45, 7) is 8.61. The molecule has 0 aromatic heterocycles. The average molecular weight is 257 g/mol. The molecule has 1 heterocycles. The maximum absolute atomic E-state index is 11.0. The van der Waals surface area contributed by atoms with E-state index in [1.54, 1.807) is 6.92 Å². The van der Waals surface area contributed by atoms with Crippen molar-refractivity contribution in [3.8, 4) is 0 Å². The van der Waals surface area contributed by atoms with E-state index in [-0.39, 0.29) is 0 Å². The lowest BCUT2D eigenvalue weighted by atomic mass is 10.5. The summed E-state index contributed by atoms with van der Waals surface area (Å²) in [5.41, 5.74) is 0. The first-order valence-corrected chi connectivity index (χ1v) is 5.04. The summed E-state index contributed by atoms with van der Waals surface area (Å²) in [5, 5.41) is 7.60. The molecule has 7 nitrogen and oxygen atoms in total. The zero-order valence-electron chi connectivity index (χ0n) is 10.00. The Balaban J connectivity index is 0.000000494. The zero-order chi connectivity index (χ0) is 14.1. The molecule has 7 heteroatoms. The van der Waals surface area contributed by atoms with Crippen molar-refractivity contribution >= 4 is 18.0 Å². The van der Waals surface area contributed by atoms with Gasteiger partial charge in [-0.1, -0.05) is 13.2 Å². The fourth-order valence-electron chi connectivity index (χ4n) is 1.02. The molecule has 0 bridgehead atoms. The summed E-state index contributed by atoms with van der Waals surface area (Å²) in [7, 11) is 0. The smallest absolute Gasteiger partial charge is 0.412 e. The highest BCUT2D eigenvalue weighted by Crippen LogP contribution is 2.09. The standard InChI is InChI=1S/C8H11NO4.C3H4O2/c1-3-7(10)13-6(2)9-4-5-12-8(9)11;1-2-3(4)5/h3,6H,1,4-5H2,2H3;2H,1H2,(H,4,5). The van der Waals surface area contributed by atoms with E-state index in [0.717, 1.165) is 12.2 Å². The van der Waals surface area contributed by atoms with Gasteiger partial charge in [0.1, 0.15) is 6.61 Å². The summed E-state index contributed by atoms with van der Waals surface area (Å²) in [5.74, 6) is -1.53. The highest BCUT2D eigenvalue weighted by molar-refractivity contribution is 5.81. The molecule has 1 unspecified atom stereocenters. The highest BCUT2D eigenvalue weighted by atomic mass is 16.6. The largest absolute Gasteiger partial charge is 0.478 e. The molecule has 1 N–H and O–H groups in total. The number of carbonyl (C=O) groups excluding carboxylic acids is 2. The van der Waals surface area contributed by atoms with E-state index in [9.17, 15) is 14.4 Å². The average Bonchev–Trinajstić information content (AvgIpc) is 2.76. The molecule has 0 aromatic rings. The molecule has 1 fully saturated rings. The number of ether oxygens (including phenoxy) is 2. The van der Waals surface area contributed by atoms with Crippen molar-refractivity contribution in [2.75, 3.05) is 13.2 Å². The molecule has 1 rings (SSSR count). The molecule has 1 atom stereocenters. The van der Waals surface area contributed by atoms with Crippen molar-refractivity contribution < 1.29 is 29.0 Å². The number of rotatable bonds is 4. The molecule has 18 heavy (non-hydrogen) atoms. The van der Waals surface area contributed by atoms with Gasteiger partial charge in [0.2, 0.25) is 0 Å². The zero-order valence-corrected chi connectivity index (χ0v) is 10.00. The van der Waals surface area contributed by atoms with Gasteiger partial charge in [0.05, 0.1) is 6.54 Å². The van der Waals surface area contributed by atoms with Crippen LogP contribution < -0.4 is 0 Å². The van der Waals surface area contributed by atoms with Crippen LogP contribution in [0.3, 0.4) is 0 Å². The number of hydrogen-bond donors (Lipinski definition) is 1. The predicted octanol–water partition coefficient (Wildman–Crippen LogP) is 0.771. The number of carbonyl (C=O) groups is 3. The van der Waals surface area contributed by atoms with Crippen LogP contribution in [0.15, 0.2) is 25.3 Å². The van der Waals surface area contributed by atoms with E-state index in [2.05, 4.69) is 17.9 Å². The van der Waals surface area contributed by atoms with Gasteiger partial charge in [-0.15, -0.1) is 0 Å². The number of esters is 1. The predicted molar refractivity (Wildman–Crippen MR) is 61.6 cm³/mol. The van der Waals surface area contributed by atoms with Gasteiger partial charge in [-0.2, -0.15) is 0 Å². The second-order valence-corrected chi connectivity index (χ2v) is 3.09. The van der Waals surface area contributed by atoms with Crippen LogP contribution in [0.25, 0.3) is 0 Å². The Morgan fingerprint density at radius 1 is 1.50 bits per heavy atom. The first kappa shape index (κ1) is 15.7. The topological polar surface area (TPSA) is 93.1 Å². The number of hydrogen-bond acceptors (Lipinski definition) is 5. The molecular weight excluding hydrogens is 242 g/mol. The molecule has 100 valence electrons. The van der Waals surface area contributed by atoms with Gasteiger partial charge in [0, 0.05) is 12.2 Å². The molecule has 0 aliphatic carbocycles. The molecule has 0 saturated carbocycles. The van der Waals surface area contributed by atoms with Gasteiger partial charge in [-0.25, -0.2) is 14.4 Å². The maximum atomic E-state index is 11.0. The molecule has 1 aliphatic rings. The van der Waals surface area contributed by atoms with Crippen LogP contribution >= 0.6 is 0 Å². The number of carboxylic acid groups (broad SMARTS) is 1. The van der Waals surface area contributed by atoms with Gasteiger partial charge in [0.15, 0.2) is 6.23 Å². The first-order valence-electron chi connectivity index (χ1n) is 5.04. The van der Waals surface area contributed by atoms with Crippen molar-refractivity contribution in [3.63, 3.8) is 0 Å². The quantitative estimate of drug-likeness (QED) is 0.590. The van der Waals surface area contributed by atoms with Crippen LogP contribution in [0.2, 0.25) is 0 Å². The summed E-state index contributed by atoms with van der Waals surface area (Å²) < 4.78 is 9.49.